The molecule has 0 aromatic heterocycles. The molecule has 2 rings (SSSR count). The van der Waals surface area contributed by atoms with Crippen LogP contribution in [0, 0.1) is 17.3 Å². The lowest BCUT2D eigenvalue weighted by atomic mass is 9.71. The standard InChI is InChI=1S/C8H14O/c1-6-2-8(3-6)4-7(8)5-9/h6-7,9H,2-5H2,1H3. The van der Waals surface area contributed by atoms with Crippen molar-refractivity contribution in [1.29, 1.82) is 0 Å². The second kappa shape index (κ2) is 1.51. The molecule has 1 nitrogen and oxygen atoms in total. The maximum absolute atomic E-state index is 8.79. The van der Waals surface area contributed by atoms with Gasteiger partial charge in [0.1, 0.15) is 0 Å². The van der Waals surface area contributed by atoms with Crippen LogP contribution in [0.4, 0.5) is 0 Å². The van der Waals surface area contributed by atoms with Gasteiger partial charge in [0, 0.05) is 6.61 Å². The molecule has 2 fully saturated rings. The van der Waals surface area contributed by atoms with Gasteiger partial charge in [0.05, 0.1) is 0 Å². The molecule has 1 unspecified atom stereocenters. The monoisotopic (exact) mass is 126 g/mol. The molecule has 52 valence electrons. The van der Waals surface area contributed by atoms with Crippen LogP contribution >= 0.6 is 0 Å². The van der Waals surface area contributed by atoms with E-state index in [-0.39, 0.29) is 0 Å². The van der Waals surface area contributed by atoms with E-state index in [1.54, 1.807) is 0 Å². The summed E-state index contributed by atoms with van der Waals surface area (Å²) in [6.07, 6.45) is 4.09. The Morgan fingerprint density at radius 3 is 2.44 bits per heavy atom. The van der Waals surface area contributed by atoms with E-state index in [1.165, 1.54) is 19.3 Å². The Labute approximate surface area is 56.1 Å². The van der Waals surface area contributed by atoms with Crippen LogP contribution in [0.5, 0.6) is 0 Å². The molecule has 0 aromatic carbocycles. The molecular formula is C8H14O. The molecule has 2 aliphatic rings. The molecule has 1 atom stereocenters. The normalized spacial score (nSPS) is 55.3. The van der Waals surface area contributed by atoms with E-state index in [0.717, 1.165) is 5.92 Å². The highest BCUT2D eigenvalue weighted by Gasteiger charge is 2.59. The smallest absolute Gasteiger partial charge is 0.0464 e. The summed E-state index contributed by atoms with van der Waals surface area (Å²) < 4.78 is 0. The fraction of sp³-hybridized carbons (Fsp3) is 1.00. The average molecular weight is 126 g/mol. The van der Waals surface area contributed by atoms with Crippen LogP contribution in [0.3, 0.4) is 0 Å². The third kappa shape index (κ3) is 0.644. The Morgan fingerprint density at radius 1 is 1.44 bits per heavy atom. The molecule has 0 saturated heterocycles. The molecule has 2 saturated carbocycles. The molecule has 0 aliphatic heterocycles. The maximum atomic E-state index is 8.79. The average Bonchev–Trinajstić information content (AvgIpc) is 2.41. The first-order chi connectivity index (χ1) is 4.27. The van der Waals surface area contributed by atoms with Crippen LogP contribution in [-0.4, -0.2) is 11.7 Å². The fourth-order valence-electron chi connectivity index (χ4n) is 2.52. The summed E-state index contributed by atoms with van der Waals surface area (Å²) in [6, 6.07) is 0. The third-order valence-corrected chi connectivity index (χ3v) is 3.09. The second-order valence-electron chi connectivity index (χ2n) is 3.96. The minimum Gasteiger partial charge on any atom is -0.396 e. The van der Waals surface area contributed by atoms with Gasteiger partial charge < -0.3 is 5.11 Å². The maximum Gasteiger partial charge on any atom is 0.0464 e. The van der Waals surface area contributed by atoms with Gasteiger partial charge in [-0.25, -0.2) is 0 Å². The molecular weight excluding hydrogens is 112 g/mol. The predicted molar refractivity (Wildman–Crippen MR) is 36.0 cm³/mol. The minimum atomic E-state index is 0.437. The lowest BCUT2D eigenvalue weighted by molar-refractivity contribution is 0.139. The van der Waals surface area contributed by atoms with Gasteiger partial charge in [-0.2, -0.15) is 0 Å². The quantitative estimate of drug-likeness (QED) is 0.563. The fourth-order valence-corrected chi connectivity index (χ4v) is 2.52. The molecule has 0 bridgehead atoms. The highest BCUT2D eigenvalue weighted by molar-refractivity contribution is 5.09. The van der Waals surface area contributed by atoms with Crippen molar-refractivity contribution in [3.05, 3.63) is 0 Å². The van der Waals surface area contributed by atoms with Crippen molar-refractivity contribution in [2.24, 2.45) is 17.3 Å². The predicted octanol–water partition coefficient (Wildman–Crippen LogP) is 1.41. The van der Waals surface area contributed by atoms with Crippen LogP contribution in [-0.2, 0) is 0 Å². The first-order valence-corrected chi connectivity index (χ1v) is 3.88. The van der Waals surface area contributed by atoms with Gasteiger partial charge in [0.2, 0.25) is 0 Å². The third-order valence-electron chi connectivity index (χ3n) is 3.09. The number of hydrogen-bond acceptors (Lipinski definition) is 1. The van der Waals surface area contributed by atoms with Gasteiger partial charge in [-0.3, -0.25) is 0 Å². The van der Waals surface area contributed by atoms with Gasteiger partial charge in [-0.05, 0) is 36.5 Å². The zero-order valence-electron chi connectivity index (χ0n) is 5.93. The zero-order valence-corrected chi connectivity index (χ0v) is 5.93. The molecule has 1 heteroatoms. The highest BCUT2D eigenvalue weighted by atomic mass is 16.3. The van der Waals surface area contributed by atoms with Gasteiger partial charge in [0.25, 0.3) is 0 Å². The van der Waals surface area contributed by atoms with Crippen LogP contribution in [0.25, 0.3) is 0 Å². The van der Waals surface area contributed by atoms with Gasteiger partial charge >= 0.3 is 0 Å². The summed E-state index contributed by atoms with van der Waals surface area (Å²) in [5, 5.41) is 8.79. The van der Waals surface area contributed by atoms with E-state index < -0.39 is 0 Å². The molecule has 1 spiro atoms. The van der Waals surface area contributed by atoms with Crippen molar-refractivity contribution < 1.29 is 5.11 Å². The molecule has 0 aromatic rings. The van der Waals surface area contributed by atoms with E-state index in [9.17, 15) is 0 Å². The Balaban J connectivity index is 1.89. The molecule has 0 heterocycles. The molecule has 0 amide bonds. The minimum absolute atomic E-state index is 0.437. The van der Waals surface area contributed by atoms with Crippen LogP contribution in [0.15, 0.2) is 0 Å². The lowest BCUT2D eigenvalue weighted by Gasteiger charge is -2.34. The van der Waals surface area contributed by atoms with Gasteiger partial charge in [0.15, 0.2) is 0 Å². The summed E-state index contributed by atoms with van der Waals surface area (Å²) in [4.78, 5) is 0. The first kappa shape index (κ1) is 5.72. The van der Waals surface area contributed by atoms with Crippen molar-refractivity contribution in [1.82, 2.24) is 0 Å². The van der Waals surface area contributed by atoms with E-state index in [4.69, 9.17) is 5.11 Å². The van der Waals surface area contributed by atoms with Crippen molar-refractivity contribution >= 4 is 0 Å². The van der Waals surface area contributed by atoms with Gasteiger partial charge in [-0.1, -0.05) is 6.92 Å². The molecule has 9 heavy (non-hydrogen) atoms. The Kier molecular flexibility index (Phi) is 0.963. The van der Waals surface area contributed by atoms with E-state index in [2.05, 4.69) is 6.92 Å². The molecule has 2 aliphatic carbocycles. The summed E-state index contributed by atoms with van der Waals surface area (Å²) in [5.41, 5.74) is 0.661. The van der Waals surface area contributed by atoms with Crippen LogP contribution in [0.2, 0.25) is 0 Å². The highest BCUT2D eigenvalue weighted by Crippen LogP contribution is 2.67. The first-order valence-electron chi connectivity index (χ1n) is 3.88. The van der Waals surface area contributed by atoms with Crippen molar-refractivity contribution in [2.45, 2.75) is 26.2 Å². The van der Waals surface area contributed by atoms with E-state index in [0.29, 0.717) is 17.9 Å². The number of rotatable bonds is 1. The Bertz CT molecular complexity index is 125. The van der Waals surface area contributed by atoms with Crippen LogP contribution < -0.4 is 0 Å². The van der Waals surface area contributed by atoms with Crippen molar-refractivity contribution in [2.75, 3.05) is 6.61 Å². The topological polar surface area (TPSA) is 20.2 Å². The molecule has 0 radical (unpaired) electrons. The largest absolute Gasteiger partial charge is 0.396 e. The number of aliphatic hydroxyl groups excluding tert-OH is 1. The molecule has 1 N–H and O–H groups in total. The van der Waals surface area contributed by atoms with Crippen molar-refractivity contribution in [3.63, 3.8) is 0 Å². The SMILES string of the molecule is CC1CC2(C1)CC2CO. The van der Waals surface area contributed by atoms with Crippen LogP contribution in [0.1, 0.15) is 26.2 Å². The lowest BCUT2D eigenvalue weighted by Crippen LogP contribution is -2.25. The second-order valence-corrected chi connectivity index (χ2v) is 3.96. The Hall–Kier alpha value is -0.0400. The van der Waals surface area contributed by atoms with E-state index >= 15 is 0 Å². The zero-order chi connectivity index (χ0) is 6.48. The summed E-state index contributed by atoms with van der Waals surface area (Å²) in [7, 11) is 0. The summed E-state index contributed by atoms with van der Waals surface area (Å²) >= 11 is 0. The van der Waals surface area contributed by atoms with Gasteiger partial charge in [-0.15, -0.1) is 0 Å². The Morgan fingerprint density at radius 2 is 2.11 bits per heavy atom. The number of aliphatic hydroxyl groups is 1. The van der Waals surface area contributed by atoms with E-state index in [1.807, 2.05) is 0 Å². The van der Waals surface area contributed by atoms with Crippen molar-refractivity contribution in [3.8, 4) is 0 Å². The summed E-state index contributed by atoms with van der Waals surface area (Å²) in [6.45, 7) is 2.74. The number of hydrogen-bond donors (Lipinski definition) is 1. The summed E-state index contributed by atoms with van der Waals surface area (Å²) in [5.74, 6) is 1.63.